The second-order valence-corrected chi connectivity index (χ2v) is 17.4. The monoisotopic (exact) mass is 554 g/mol. The topological polar surface area (TPSA) is 94.6 Å². The molecule has 2 fully saturated rings. The first-order valence-electron chi connectivity index (χ1n) is 12.4. The Bertz CT molecular complexity index is 1140. The number of thiazole rings is 1. The van der Waals surface area contributed by atoms with Gasteiger partial charge in [0.1, 0.15) is 13.7 Å². The number of hydrogen-bond donors (Lipinski definition) is 3. The molecule has 0 atom stereocenters. The number of aliphatic hydroxyl groups is 1. The van der Waals surface area contributed by atoms with Crippen molar-refractivity contribution in [1.29, 1.82) is 0 Å². The number of halogens is 3. The third-order valence-corrected chi connectivity index (χ3v) is 11.6. The first-order chi connectivity index (χ1) is 17.2. The van der Waals surface area contributed by atoms with Crippen molar-refractivity contribution < 1.29 is 27.9 Å². The Kier molecular flexibility index (Phi) is 7.85. The normalized spacial score (nSPS) is 23.4. The lowest BCUT2D eigenvalue weighted by atomic mass is 9.80. The van der Waals surface area contributed by atoms with E-state index in [1.54, 1.807) is 11.3 Å². The number of alkyl halides is 3. The number of nitrogens with zero attached hydrogens (tertiary/aromatic N) is 2. The highest BCUT2D eigenvalue weighted by atomic mass is 32.1. The molecule has 2 heterocycles. The lowest BCUT2D eigenvalue weighted by Crippen LogP contribution is -2.63. The Balaban J connectivity index is 1.18. The third-order valence-electron chi connectivity index (χ3n) is 7.04. The van der Waals surface area contributed by atoms with Gasteiger partial charge in [-0.05, 0) is 43.9 Å². The van der Waals surface area contributed by atoms with Gasteiger partial charge < -0.3 is 15.7 Å². The Hall–Kier alpha value is -2.28. The van der Waals surface area contributed by atoms with Gasteiger partial charge in [-0.1, -0.05) is 25.7 Å². The third kappa shape index (κ3) is 6.59. The molecule has 202 valence electrons. The van der Waals surface area contributed by atoms with Crippen LogP contribution in [0.25, 0.3) is 0 Å². The summed E-state index contributed by atoms with van der Waals surface area (Å²) in [4.78, 5) is 32.3. The molecule has 2 aliphatic rings. The van der Waals surface area contributed by atoms with Crippen LogP contribution in [0.4, 0.5) is 13.2 Å². The van der Waals surface area contributed by atoms with Crippen LogP contribution >= 0.6 is 11.3 Å². The molecule has 37 heavy (non-hydrogen) atoms. The highest BCUT2D eigenvalue weighted by molar-refractivity contribution is 7.25. The van der Waals surface area contributed by atoms with Crippen LogP contribution in [0.5, 0.6) is 0 Å². The quantitative estimate of drug-likeness (QED) is 0.458. The fraction of sp³-hybridized carbons (Fsp3) is 0.560. The molecule has 0 spiro atoms. The molecule has 3 N–H and O–H groups in total. The number of rotatable bonds is 7. The molecule has 1 saturated carbocycles. The zero-order valence-corrected chi connectivity index (χ0v) is 23.0. The lowest BCUT2D eigenvalue weighted by molar-refractivity contribution is -0.137. The zero-order chi connectivity index (χ0) is 27.0. The molecule has 0 radical (unpaired) electrons. The van der Waals surface area contributed by atoms with E-state index >= 15 is 0 Å². The van der Waals surface area contributed by atoms with Crippen molar-refractivity contribution in [1.82, 2.24) is 20.5 Å². The number of carbonyl (C=O) groups is 2. The largest absolute Gasteiger partial charge is 0.416 e. The molecule has 0 unspecified atom stereocenters. The van der Waals surface area contributed by atoms with Crippen molar-refractivity contribution in [2.24, 2.45) is 0 Å². The van der Waals surface area contributed by atoms with E-state index in [1.165, 1.54) is 6.07 Å². The maximum Gasteiger partial charge on any atom is 0.416 e. The maximum absolute atomic E-state index is 12.8. The minimum Gasteiger partial charge on any atom is -0.384 e. The SMILES string of the molecule is C[Si](C)(C)c1ncc([C@]2(O)CC[C@H](N3CC(NC(=O)CNC(=O)c4cccc(C(F)(F)F)c4)C3)CC2)s1. The molecule has 2 amide bonds. The van der Waals surface area contributed by atoms with Crippen molar-refractivity contribution in [2.75, 3.05) is 19.6 Å². The van der Waals surface area contributed by atoms with E-state index in [-0.39, 0.29) is 24.1 Å². The summed E-state index contributed by atoms with van der Waals surface area (Å²) in [6.45, 7) is 7.82. The number of aromatic nitrogens is 1. The van der Waals surface area contributed by atoms with Gasteiger partial charge in [0.05, 0.1) is 27.7 Å². The molecule has 2 aromatic rings. The van der Waals surface area contributed by atoms with Gasteiger partial charge in [0.2, 0.25) is 5.91 Å². The van der Waals surface area contributed by atoms with Gasteiger partial charge in [0, 0.05) is 30.9 Å². The Morgan fingerprint density at radius 1 is 1.22 bits per heavy atom. The summed E-state index contributed by atoms with van der Waals surface area (Å²) < 4.78 is 39.7. The second kappa shape index (κ2) is 10.5. The predicted molar refractivity (Wildman–Crippen MR) is 139 cm³/mol. The van der Waals surface area contributed by atoms with Gasteiger partial charge >= 0.3 is 6.18 Å². The molecular weight excluding hydrogens is 521 g/mol. The van der Waals surface area contributed by atoms with Crippen LogP contribution in [-0.4, -0.2) is 66.6 Å². The molecule has 1 aromatic carbocycles. The van der Waals surface area contributed by atoms with Crippen LogP contribution < -0.4 is 15.3 Å². The molecule has 0 bridgehead atoms. The molecular formula is C25H33F3N4O3SSi. The Morgan fingerprint density at radius 3 is 2.49 bits per heavy atom. The van der Waals surface area contributed by atoms with Crippen LogP contribution in [0.2, 0.25) is 19.6 Å². The Morgan fingerprint density at radius 2 is 1.89 bits per heavy atom. The van der Waals surface area contributed by atoms with Gasteiger partial charge in [0.25, 0.3) is 5.91 Å². The minimum absolute atomic E-state index is 0.0421. The van der Waals surface area contributed by atoms with E-state index < -0.39 is 31.3 Å². The molecule has 1 saturated heterocycles. The molecule has 1 aliphatic heterocycles. The van der Waals surface area contributed by atoms with Crippen LogP contribution in [0.15, 0.2) is 30.5 Å². The summed E-state index contributed by atoms with van der Waals surface area (Å²) >= 11 is 1.65. The van der Waals surface area contributed by atoms with Crippen molar-refractivity contribution >= 4 is 35.9 Å². The number of benzene rings is 1. The average molecular weight is 555 g/mol. The summed E-state index contributed by atoms with van der Waals surface area (Å²) in [7, 11) is -1.51. The summed E-state index contributed by atoms with van der Waals surface area (Å²) in [5, 5.41) is 16.5. The van der Waals surface area contributed by atoms with Crippen LogP contribution in [0.1, 0.15) is 46.5 Å². The van der Waals surface area contributed by atoms with Crippen LogP contribution in [0.3, 0.4) is 0 Å². The van der Waals surface area contributed by atoms with Crippen molar-refractivity contribution in [2.45, 2.75) is 69.2 Å². The van der Waals surface area contributed by atoms with E-state index in [0.29, 0.717) is 32.0 Å². The number of amides is 2. The van der Waals surface area contributed by atoms with Crippen molar-refractivity contribution in [3.63, 3.8) is 0 Å². The summed E-state index contributed by atoms with van der Waals surface area (Å²) in [5.41, 5.74) is -1.88. The fourth-order valence-electron chi connectivity index (χ4n) is 4.81. The van der Waals surface area contributed by atoms with Gasteiger partial charge in [-0.25, -0.2) is 0 Å². The predicted octanol–water partition coefficient (Wildman–Crippen LogP) is 3.07. The first kappa shape index (κ1) is 27.7. The molecule has 4 rings (SSSR count). The van der Waals surface area contributed by atoms with E-state index in [0.717, 1.165) is 40.5 Å². The zero-order valence-electron chi connectivity index (χ0n) is 21.2. The average Bonchev–Trinajstić information content (AvgIpc) is 3.32. The van der Waals surface area contributed by atoms with E-state index in [1.807, 2.05) is 6.20 Å². The van der Waals surface area contributed by atoms with Crippen LogP contribution in [-0.2, 0) is 16.6 Å². The van der Waals surface area contributed by atoms with E-state index in [2.05, 4.69) is 40.2 Å². The smallest absolute Gasteiger partial charge is 0.384 e. The van der Waals surface area contributed by atoms with Crippen LogP contribution in [0, 0.1) is 0 Å². The van der Waals surface area contributed by atoms with Crippen molar-refractivity contribution in [3.8, 4) is 0 Å². The number of carbonyl (C=O) groups excluding carboxylic acids is 2. The molecule has 12 heteroatoms. The number of nitrogens with one attached hydrogen (secondary N) is 2. The molecule has 7 nitrogen and oxygen atoms in total. The van der Waals surface area contributed by atoms with Gasteiger partial charge in [-0.2, -0.15) is 13.2 Å². The van der Waals surface area contributed by atoms with Crippen molar-refractivity contribution in [3.05, 3.63) is 46.5 Å². The summed E-state index contributed by atoms with van der Waals surface area (Å²) in [6, 6.07) is 4.40. The highest BCUT2D eigenvalue weighted by Crippen LogP contribution is 2.40. The summed E-state index contributed by atoms with van der Waals surface area (Å²) in [5.74, 6) is -1.12. The maximum atomic E-state index is 12.8. The first-order valence-corrected chi connectivity index (χ1v) is 16.7. The second-order valence-electron chi connectivity index (χ2n) is 11.0. The lowest BCUT2D eigenvalue weighted by Gasteiger charge is -2.48. The van der Waals surface area contributed by atoms with E-state index in [9.17, 15) is 27.9 Å². The van der Waals surface area contributed by atoms with Gasteiger partial charge in [0.15, 0.2) is 0 Å². The number of likely N-dealkylation sites (tertiary alicyclic amines) is 1. The fourth-order valence-corrected chi connectivity index (χ4v) is 7.63. The summed E-state index contributed by atoms with van der Waals surface area (Å²) in [6.07, 6.45) is 0.397. The van der Waals surface area contributed by atoms with E-state index in [4.69, 9.17) is 0 Å². The minimum atomic E-state index is -4.54. The Labute approximate surface area is 219 Å². The van der Waals surface area contributed by atoms with Gasteiger partial charge in [-0.3, -0.25) is 19.5 Å². The highest BCUT2D eigenvalue weighted by Gasteiger charge is 2.41. The van der Waals surface area contributed by atoms with Gasteiger partial charge in [-0.15, -0.1) is 11.3 Å². The molecule has 1 aromatic heterocycles. The molecule has 1 aliphatic carbocycles. The standard InChI is InChI=1S/C25H33F3N4O3SSi/c1-37(2,3)23-30-12-20(36-23)24(35)9-7-19(8-10-24)32-14-18(15-32)31-21(33)13-29-22(34)16-5-4-6-17(11-16)25(26,27)28/h4-6,11-12,18-19,35H,7-10,13-15H2,1-3H3,(H,29,34)(H,31,33)/t19-,24-. The number of hydrogen-bond acceptors (Lipinski definition) is 6.